The average Bonchev–Trinajstić information content (AvgIpc) is 3.62. The van der Waals surface area contributed by atoms with E-state index in [2.05, 4.69) is 66.6 Å². The molecule has 0 bridgehead atoms. The number of benzene rings is 3. The molecule has 4 aromatic heterocycles. The molecule has 0 spiro atoms. The van der Waals surface area contributed by atoms with Crippen LogP contribution in [-0.4, -0.2) is 32.8 Å². The number of rotatable bonds is 6. The summed E-state index contributed by atoms with van der Waals surface area (Å²) in [5.41, 5.74) is 5.43. The summed E-state index contributed by atoms with van der Waals surface area (Å²) in [7, 11) is 0. The van der Waals surface area contributed by atoms with E-state index in [9.17, 15) is 13.2 Å². The first-order valence-electron chi connectivity index (χ1n) is 16.1. The number of furan rings is 1. The van der Waals surface area contributed by atoms with Crippen LogP contribution in [-0.2, 0) is 39.2 Å². The number of hydrogen-bond acceptors (Lipinski definition) is 4. The predicted octanol–water partition coefficient (Wildman–Crippen LogP) is 10.1. The van der Waals surface area contributed by atoms with Gasteiger partial charge in [-0.2, -0.15) is 13.2 Å². The number of halogens is 3. The van der Waals surface area contributed by atoms with Crippen molar-refractivity contribution in [3.8, 4) is 22.6 Å². The van der Waals surface area contributed by atoms with E-state index in [-0.39, 0.29) is 25.8 Å². The molecule has 0 aliphatic heterocycles. The van der Waals surface area contributed by atoms with Crippen LogP contribution in [0.15, 0.2) is 89.5 Å². The summed E-state index contributed by atoms with van der Waals surface area (Å²) in [6.45, 7) is 7.26. The van der Waals surface area contributed by atoms with E-state index in [1.807, 2.05) is 54.0 Å². The molecule has 10 heteroatoms. The minimum atomic E-state index is -4.53. The summed E-state index contributed by atoms with van der Waals surface area (Å²) in [4.78, 5) is 13.1. The van der Waals surface area contributed by atoms with Gasteiger partial charge in [0.2, 0.25) is 5.71 Å². The molecule has 5 nitrogen and oxygen atoms in total. The van der Waals surface area contributed by atoms with E-state index >= 15 is 0 Å². The van der Waals surface area contributed by atoms with Crippen molar-refractivity contribution in [3.63, 3.8) is 0 Å². The normalized spacial score (nSPS) is 12.0. The SMILES string of the molecule is CC(C)Cc1cc(-c2[c-]cccc2)nc[c]1[Ge]([CH3])([CH3])[CH3].CCn1c(-c2[c-]ccc3c2oc2nc(C(F)(F)F)ccc23)nc2ccccc21.[Ir]. The Balaban J connectivity index is 0.000000199. The van der Waals surface area contributed by atoms with Crippen molar-refractivity contribution in [2.24, 2.45) is 5.92 Å². The number of alkyl halides is 3. The van der Waals surface area contributed by atoms with Crippen molar-refractivity contribution in [1.82, 2.24) is 19.5 Å². The van der Waals surface area contributed by atoms with Crippen molar-refractivity contribution in [2.75, 3.05) is 0 Å². The van der Waals surface area contributed by atoms with Crippen LogP contribution in [0.1, 0.15) is 32.0 Å². The van der Waals surface area contributed by atoms with Crippen LogP contribution in [0.25, 0.3) is 55.7 Å². The smallest absolute Gasteiger partial charge is 0.433 e. The molecular formula is C39H37F3GeIrN4O-2. The van der Waals surface area contributed by atoms with Gasteiger partial charge in [0.15, 0.2) is 0 Å². The van der Waals surface area contributed by atoms with Crippen LogP contribution in [0, 0.1) is 18.1 Å². The molecule has 0 saturated carbocycles. The quantitative estimate of drug-likeness (QED) is 0.123. The Morgan fingerprint density at radius 1 is 0.898 bits per heavy atom. The van der Waals surface area contributed by atoms with Gasteiger partial charge in [-0.05, 0) is 31.2 Å². The number of nitrogens with zero attached hydrogens (tertiary/aromatic N) is 4. The minimum Gasteiger partial charge on any atom is -0.486 e. The third-order valence-electron chi connectivity index (χ3n) is 8.19. The Morgan fingerprint density at radius 3 is 2.33 bits per heavy atom. The Morgan fingerprint density at radius 2 is 1.65 bits per heavy atom. The van der Waals surface area contributed by atoms with E-state index in [4.69, 9.17) is 14.4 Å². The molecular weight excluding hydrogens is 862 g/mol. The van der Waals surface area contributed by atoms with Gasteiger partial charge < -0.3 is 8.98 Å². The number of aromatic nitrogens is 4. The fraction of sp³-hybridized carbons (Fsp3) is 0.256. The zero-order chi connectivity index (χ0) is 34.2. The number of imidazole rings is 1. The third-order valence-corrected chi connectivity index (χ3v) is 12.5. The van der Waals surface area contributed by atoms with Crippen molar-refractivity contribution in [1.29, 1.82) is 0 Å². The zero-order valence-corrected chi connectivity index (χ0v) is 32.7. The maximum Gasteiger partial charge on any atom is 0.433 e. The maximum atomic E-state index is 13.0. The summed E-state index contributed by atoms with van der Waals surface area (Å²) in [5, 5.41) is 1.21. The molecule has 0 N–H and O–H groups in total. The molecule has 255 valence electrons. The standard InChI is InChI=1S/C21H13F3N3O.C18H24GeN.Ir/c1-2-27-16-9-4-3-8-15(16)25-19(27)14-7-5-6-12-13-10-11-17(21(22,23)24)26-20(13)28-18(12)14;1-14(2)11-16-12-18(15-9-7-6-8-10-15)20-13-17(16)19(3,4)5;/h3-6,8-11H,2H2,1H3;6-9,12-14H,11H2,1-5H3;/q2*-1;. The van der Waals surface area contributed by atoms with Crippen LogP contribution < -0.4 is 4.40 Å². The largest absolute Gasteiger partial charge is 0.486 e. The van der Waals surface area contributed by atoms with E-state index in [1.54, 1.807) is 16.5 Å². The van der Waals surface area contributed by atoms with Gasteiger partial charge in [-0.3, -0.25) is 4.98 Å². The van der Waals surface area contributed by atoms with Crippen molar-refractivity contribution >= 4 is 50.8 Å². The molecule has 0 fully saturated rings. The van der Waals surface area contributed by atoms with Crippen LogP contribution in [0.5, 0.6) is 0 Å². The average molecular weight is 900 g/mol. The zero-order valence-electron chi connectivity index (χ0n) is 28.2. The number of hydrogen-bond donors (Lipinski definition) is 0. The Bertz CT molecular complexity index is 2220. The second-order valence-electron chi connectivity index (χ2n) is 13.3. The van der Waals surface area contributed by atoms with Gasteiger partial charge in [0.25, 0.3) is 0 Å². The number of aryl methyl sites for hydroxylation is 1. The monoisotopic (exact) mass is 901 g/mol. The van der Waals surface area contributed by atoms with E-state index in [0.717, 1.165) is 34.8 Å². The molecule has 49 heavy (non-hydrogen) atoms. The second kappa shape index (κ2) is 14.6. The summed E-state index contributed by atoms with van der Waals surface area (Å²) in [6.07, 6.45) is -1.26. The van der Waals surface area contributed by atoms with Gasteiger partial charge in [0.05, 0.1) is 22.4 Å². The molecule has 0 saturated heterocycles. The molecule has 0 unspecified atom stereocenters. The van der Waals surface area contributed by atoms with E-state index in [1.165, 1.54) is 11.6 Å². The Hall–Kier alpha value is -3.79. The molecule has 0 aliphatic rings. The van der Waals surface area contributed by atoms with Gasteiger partial charge in [-0.1, -0.05) is 23.1 Å². The van der Waals surface area contributed by atoms with Crippen LogP contribution in [0.3, 0.4) is 0 Å². The third kappa shape index (κ3) is 7.69. The number of para-hydroxylation sites is 2. The Kier molecular flexibility index (Phi) is 10.9. The van der Waals surface area contributed by atoms with Crippen molar-refractivity contribution < 1.29 is 37.7 Å². The fourth-order valence-corrected chi connectivity index (χ4v) is 9.35. The molecule has 1 radical (unpaired) electrons. The fourth-order valence-electron chi connectivity index (χ4n) is 6.01. The predicted molar refractivity (Wildman–Crippen MR) is 190 cm³/mol. The van der Waals surface area contributed by atoms with Gasteiger partial charge >= 0.3 is 132 Å². The Labute approximate surface area is 300 Å². The van der Waals surface area contributed by atoms with Crippen LogP contribution in [0.2, 0.25) is 17.3 Å². The maximum absolute atomic E-state index is 13.0. The van der Waals surface area contributed by atoms with E-state index in [0.29, 0.717) is 40.2 Å². The van der Waals surface area contributed by atoms with Gasteiger partial charge in [0.1, 0.15) is 5.69 Å². The summed E-state index contributed by atoms with van der Waals surface area (Å²) in [5.74, 6) is 8.65. The number of fused-ring (bicyclic) bond motifs is 4. The minimum absolute atomic E-state index is 0. The molecule has 4 heterocycles. The molecule has 3 aromatic carbocycles. The summed E-state index contributed by atoms with van der Waals surface area (Å²) < 4.78 is 48.4. The van der Waals surface area contributed by atoms with Gasteiger partial charge in [0, 0.05) is 32.0 Å². The molecule has 7 rings (SSSR count). The second-order valence-corrected chi connectivity index (χ2v) is 23.8. The van der Waals surface area contributed by atoms with E-state index < -0.39 is 25.1 Å². The molecule has 0 aliphatic carbocycles. The first-order chi connectivity index (χ1) is 22.8. The van der Waals surface area contributed by atoms with Crippen LogP contribution in [0.4, 0.5) is 13.2 Å². The first kappa shape index (κ1) is 36.5. The van der Waals surface area contributed by atoms with Gasteiger partial charge in [-0.25, -0.2) is 4.98 Å². The molecule has 7 aromatic rings. The first-order valence-corrected chi connectivity index (χ1v) is 23.4. The summed E-state index contributed by atoms with van der Waals surface area (Å²) in [6, 6.07) is 30.4. The van der Waals surface area contributed by atoms with Crippen molar-refractivity contribution in [2.45, 2.75) is 57.2 Å². The van der Waals surface area contributed by atoms with Gasteiger partial charge in [-0.15, -0.1) is 18.2 Å². The van der Waals surface area contributed by atoms with Crippen LogP contribution >= 0.6 is 0 Å². The molecule has 0 atom stereocenters. The topological polar surface area (TPSA) is 56.7 Å². The summed E-state index contributed by atoms with van der Waals surface area (Å²) >= 11 is -1.86. The van der Waals surface area contributed by atoms with Crippen molar-refractivity contribution in [3.05, 3.63) is 108 Å². The molecule has 0 amide bonds. The number of pyridine rings is 2.